The van der Waals surface area contributed by atoms with Gasteiger partial charge in [0.05, 0.1) is 5.88 Å². The maximum Gasteiger partial charge on any atom is 0.573 e. The van der Waals surface area contributed by atoms with Gasteiger partial charge in [-0.1, -0.05) is 11.6 Å². The molecule has 0 atom stereocenters. The summed E-state index contributed by atoms with van der Waals surface area (Å²) in [7, 11) is 0. The predicted octanol–water partition coefficient (Wildman–Crippen LogP) is 3.56. The molecule has 84 valence electrons. The Morgan fingerprint density at radius 3 is 2.40 bits per heavy atom. The number of anilines is 1. The van der Waals surface area contributed by atoms with Gasteiger partial charge in [0.1, 0.15) is 5.75 Å². The van der Waals surface area contributed by atoms with E-state index in [9.17, 15) is 13.2 Å². The number of rotatable bonds is 2. The average molecular weight is 260 g/mol. The van der Waals surface area contributed by atoms with Crippen LogP contribution in [-0.4, -0.2) is 6.36 Å². The number of hydrogen-bond donors (Lipinski definition) is 1. The fraction of sp³-hybridized carbons (Fsp3) is 0.250. The Hall–Kier alpha value is -0.810. The fourth-order valence-electron chi connectivity index (χ4n) is 0.991. The zero-order valence-corrected chi connectivity index (χ0v) is 8.75. The predicted molar refractivity (Wildman–Crippen MR) is 52.1 cm³/mol. The number of nitrogens with two attached hydrogens (primary N) is 1. The first-order valence-electron chi connectivity index (χ1n) is 3.73. The smallest absolute Gasteiger partial charge is 0.405 e. The Balaban J connectivity index is 3.15. The highest BCUT2D eigenvalue weighted by atomic mass is 35.5. The van der Waals surface area contributed by atoms with E-state index in [0.717, 1.165) is 6.07 Å². The number of ether oxygens (including phenoxy) is 1. The molecule has 1 aromatic rings. The molecule has 1 rings (SSSR count). The molecule has 0 saturated heterocycles. The van der Waals surface area contributed by atoms with Crippen LogP contribution in [0, 0.1) is 0 Å². The average Bonchev–Trinajstić information content (AvgIpc) is 1.99. The quantitative estimate of drug-likeness (QED) is 0.651. The minimum atomic E-state index is -4.79. The van der Waals surface area contributed by atoms with E-state index in [1.165, 1.54) is 6.07 Å². The van der Waals surface area contributed by atoms with Crippen LogP contribution in [-0.2, 0) is 5.88 Å². The molecular weight excluding hydrogens is 254 g/mol. The molecule has 0 bridgehead atoms. The van der Waals surface area contributed by atoms with Gasteiger partial charge in [0.15, 0.2) is 0 Å². The standard InChI is InChI=1S/C8H6Cl2F3NO/c9-3-5-6(14)1-4(10)2-7(5)15-8(11,12)13/h1-2H,3,14H2. The van der Waals surface area contributed by atoms with Crippen molar-refractivity contribution in [3.63, 3.8) is 0 Å². The molecule has 0 aromatic heterocycles. The first-order valence-corrected chi connectivity index (χ1v) is 4.64. The largest absolute Gasteiger partial charge is 0.573 e. The Labute approximate surface area is 93.7 Å². The summed E-state index contributed by atoms with van der Waals surface area (Å²) in [5.41, 5.74) is 5.57. The minimum Gasteiger partial charge on any atom is -0.405 e. The van der Waals surface area contributed by atoms with Crippen molar-refractivity contribution in [3.8, 4) is 5.75 Å². The number of hydrogen-bond acceptors (Lipinski definition) is 2. The van der Waals surface area contributed by atoms with Crippen molar-refractivity contribution in [1.82, 2.24) is 0 Å². The zero-order valence-electron chi connectivity index (χ0n) is 7.24. The summed E-state index contributed by atoms with van der Waals surface area (Å²) < 4.78 is 39.7. The number of nitrogen functional groups attached to an aromatic ring is 1. The van der Waals surface area contributed by atoms with E-state index in [4.69, 9.17) is 28.9 Å². The molecule has 0 amide bonds. The Bertz CT molecular complexity index is 368. The summed E-state index contributed by atoms with van der Waals surface area (Å²) in [4.78, 5) is 0. The van der Waals surface area contributed by atoms with E-state index < -0.39 is 12.1 Å². The van der Waals surface area contributed by atoms with Crippen LogP contribution in [0.4, 0.5) is 18.9 Å². The van der Waals surface area contributed by atoms with Crippen molar-refractivity contribution in [2.75, 3.05) is 5.73 Å². The van der Waals surface area contributed by atoms with E-state index >= 15 is 0 Å². The van der Waals surface area contributed by atoms with Crippen LogP contribution >= 0.6 is 23.2 Å². The third kappa shape index (κ3) is 3.35. The molecule has 1 aromatic carbocycles. The molecule has 0 radical (unpaired) electrons. The summed E-state index contributed by atoms with van der Waals surface area (Å²) in [6.45, 7) is 0. The van der Waals surface area contributed by atoms with E-state index in [-0.39, 0.29) is 22.2 Å². The normalized spacial score (nSPS) is 11.5. The Kier molecular flexibility index (Phi) is 3.57. The molecule has 2 N–H and O–H groups in total. The van der Waals surface area contributed by atoms with E-state index in [0.29, 0.717) is 0 Å². The van der Waals surface area contributed by atoms with Crippen LogP contribution in [0.3, 0.4) is 0 Å². The molecule has 0 heterocycles. The van der Waals surface area contributed by atoms with Gasteiger partial charge in [-0.2, -0.15) is 0 Å². The lowest BCUT2D eigenvalue weighted by Gasteiger charge is -2.13. The molecule has 0 fully saturated rings. The first-order chi connectivity index (χ1) is 6.83. The lowest BCUT2D eigenvalue weighted by atomic mass is 10.2. The summed E-state index contributed by atoms with van der Waals surface area (Å²) in [6.07, 6.45) is -4.79. The molecule has 0 spiro atoms. The monoisotopic (exact) mass is 259 g/mol. The van der Waals surface area contributed by atoms with Crippen LogP contribution in [0.2, 0.25) is 5.02 Å². The van der Waals surface area contributed by atoms with Crippen molar-refractivity contribution in [2.24, 2.45) is 0 Å². The van der Waals surface area contributed by atoms with Crippen LogP contribution in [0.25, 0.3) is 0 Å². The lowest BCUT2D eigenvalue weighted by Crippen LogP contribution is -2.18. The molecule has 7 heteroatoms. The van der Waals surface area contributed by atoms with Gasteiger partial charge in [-0.3, -0.25) is 0 Å². The van der Waals surface area contributed by atoms with Gasteiger partial charge in [-0.05, 0) is 12.1 Å². The fourth-order valence-corrected chi connectivity index (χ4v) is 1.49. The van der Waals surface area contributed by atoms with Crippen LogP contribution < -0.4 is 10.5 Å². The van der Waals surface area contributed by atoms with Gasteiger partial charge in [0, 0.05) is 16.3 Å². The van der Waals surface area contributed by atoms with Crippen LogP contribution in [0.1, 0.15) is 5.56 Å². The Morgan fingerprint density at radius 1 is 1.33 bits per heavy atom. The highest BCUT2D eigenvalue weighted by Crippen LogP contribution is 2.34. The van der Waals surface area contributed by atoms with Gasteiger partial charge >= 0.3 is 6.36 Å². The molecule has 0 saturated carbocycles. The van der Waals surface area contributed by atoms with E-state index in [1.54, 1.807) is 0 Å². The highest BCUT2D eigenvalue weighted by Gasteiger charge is 2.32. The van der Waals surface area contributed by atoms with Gasteiger partial charge in [0.25, 0.3) is 0 Å². The summed E-state index contributed by atoms with van der Waals surface area (Å²) >= 11 is 11.0. The van der Waals surface area contributed by atoms with Crippen molar-refractivity contribution >= 4 is 28.9 Å². The molecular formula is C8H6Cl2F3NO. The van der Waals surface area contributed by atoms with Crippen molar-refractivity contribution in [2.45, 2.75) is 12.2 Å². The topological polar surface area (TPSA) is 35.2 Å². The van der Waals surface area contributed by atoms with Crippen molar-refractivity contribution in [3.05, 3.63) is 22.7 Å². The maximum absolute atomic E-state index is 12.0. The second-order valence-electron chi connectivity index (χ2n) is 2.65. The molecule has 0 aliphatic heterocycles. The maximum atomic E-state index is 12.0. The summed E-state index contributed by atoms with van der Waals surface area (Å²) in [6, 6.07) is 2.33. The number of benzene rings is 1. The Morgan fingerprint density at radius 2 is 1.93 bits per heavy atom. The highest BCUT2D eigenvalue weighted by molar-refractivity contribution is 6.31. The SMILES string of the molecule is Nc1cc(Cl)cc(OC(F)(F)F)c1CCl. The van der Waals surface area contributed by atoms with Crippen LogP contribution in [0.15, 0.2) is 12.1 Å². The summed E-state index contributed by atoms with van der Waals surface area (Å²) in [5, 5.41) is 0.0561. The van der Waals surface area contributed by atoms with Crippen molar-refractivity contribution in [1.29, 1.82) is 0 Å². The van der Waals surface area contributed by atoms with E-state index in [2.05, 4.69) is 4.74 Å². The molecule has 0 aliphatic carbocycles. The second kappa shape index (κ2) is 4.37. The van der Waals surface area contributed by atoms with Gasteiger partial charge in [-0.25, -0.2) is 0 Å². The van der Waals surface area contributed by atoms with Gasteiger partial charge in [0.2, 0.25) is 0 Å². The zero-order chi connectivity index (χ0) is 11.6. The van der Waals surface area contributed by atoms with Gasteiger partial charge < -0.3 is 10.5 Å². The third-order valence-electron chi connectivity index (χ3n) is 1.57. The molecule has 15 heavy (non-hydrogen) atoms. The summed E-state index contributed by atoms with van der Waals surface area (Å²) in [5.74, 6) is -0.656. The van der Waals surface area contributed by atoms with Gasteiger partial charge in [-0.15, -0.1) is 24.8 Å². The lowest BCUT2D eigenvalue weighted by molar-refractivity contribution is -0.274. The van der Waals surface area contributed by atoms with E-state index in [1.807, 2.05) is 0 Å². The first kappa shape index (κ1) is 12.3. The number of halogens is 5. The molecule has 0 unspecified atom stereocenters. The minimum absolute atomic E-state index is 0.0561. The van der Waals surface area contributed by atoms with Crippen molar-refractivity contribution < 1.29 is 17.9 Å². The number of alkyl halides is 4. The second-order valence-corrected chi connectivity index (χ2v) is 3.36. The molecule has 0 aliphatic rings. The molecule has 2 nitrogen and oxygen atoms in total. The van der Waals surface area contributed by atoms with Crippen LogP contribution in [0.5, 0.6) is 5.75 Å². The third-order valence-corrected chi connectivity index (χ3v) is 2.05.